The third kappa shape index (κ3) is 5.68. The third-order valence-corrected chi connectivity index (χ3v) is 5.88. The Hall–Kier alpha value is -3.31. The fraction of sp³-hybridized carbons (Fsp3) is 0.231. The largest absolute Gasteiger partial charge is 0.367 e. The molecule has 0 aliphatic carbocycles. The second-order valence-electron chi connectivity index (χ2n) is 7.93. The summed E-state index contributed by atoms with van der Waals surface area (Å²) in [6.07, 6.45) is 2.66. The number of carbonyl (C=O) groups is 2. The summed E-state index contributed by atoms with van der Waals surface area (Å²) in [5.74, 6) is -1.34. The molecule has 0 spiro atoms. The number of halogens is 1. The molecule has 0 bridgehead atoms. The predicted molar refractivity (Wildman–Crippen MR) is 129 cm³/mol. The van der Waals surface area contributed by atoms with E-state index in [0.29, 0.717) is 17.3 Å². The zero-order valence-corrected chi connectivity index (χ0v) is 18.6. The average molecular weight is 448 g/mol. The van der Waals surface area contributed by atoms with E-state index in [4.69, 9.17) is 11.6 Å². The van der Waals surface area contributed by atoms with Crippen molar-refractivity contribution in [2.24, 2.45) is 0 Å². The summed E-state index contributed by atoms with van der Waals surface area (Å²) in [4.78, 5) is 26.4. The smallest absolute Gasteiger partial charge is 0.313 e. The Morgan fingerprint density at radius 3 is 2.47 bits per heavy atom. The van der Waals surface area contributed by atoms with E-state index in [1.54, 1.807) is 24.3 Å². The van der Waals surface area contributed by atoms with Crippen LogP contribution in [0.15, 0.2) is 72.8 Å². The van der Waals surface area contributed by atoms with Crippen LogP contribution in [0.4, 0.5) is 11.4 Å². The maximum absolute atomic E-state index is 12.0. The van der Waals surface area contributed by atoms with E-state index in [2.05, 4.69) is 64.1 Å². The number of nitrogens with zero attached hydrogens (tertiary/aromatic N) is 1. The lowest BCUT2D eigenvalue weighted by Gasteiger charge is -2.30. The van der Waals surface area contributed by atoms with Gasteiger partial charge >= 0.3 is 11.8 Å². The summed E-state index contributed by atoms with van der Waals surface area (Å²) in [6.45, 7) is 2.41. The Labute approximate surface area is 193 Å². The van der Waals surface area contributed by atoms with Gasteiger partial charge in [-0.15, -0.1) is 0 Å². The topological polar surface area (TPSA) is 61.4 Å². The van der Waals surface area contributed by atoms with Gasteiger partial charge in [0.15, 0.2) is 0 Å². The zero-order valence-electron chi connectivity index (χ0n) is 17.8. The number of fused-ring (bicyclic) bond motifs is 1. The van der Waals surface area contributed by atoms with Gasteiger partial charge in [-0.05, 0) is 66.3 Å². The summed E-state index contributed by atoms with van der Waals surface area (Å²) in [6, 6.07) is 24.0. The van der Waals surface area contributed by atoms with Crippen molar-refractivity contribution >= 4 is 34.8 Å². The molecule has 0 unspecified atom stereocenters. The first kappa shape index (κ1) is 21.9. The molecule has 0 radical (unpaired) electrons. The molecule has 0 aromatic heterocycles. The lowest BCUT2D eigenvalue weighted by Crippen LogP contribution is -2.36. The van der Waals surface area contributed by atoms with Crippen LogP contribution in [0.2, 0.25) is 5.02 Å². The highest BCUT2D eigenvalue weighted by Gasteiger charge is 2.16. The molecule has 4 rings (SSSR count). The van der Waals surface area contributed by atoms with Crippen LogP contribution < -0.4 is 15.5 Å². The monoisotopic (exact) mass is 447 g/mol. The molecule has 5 nitrogen and oxygen atoms in total. The lowest BCUT2D eigenvalue weighted by molar-refractivity contribution is -0.136. The molecule has 1 aliphatic rings. The van der Waals surface area contributed by atoms with Crippen LogP contribution in [0.3, 0.4) is 0 Å². The molecule has 0 saturated heterocycles. The van der Waals surface area contributed by atoms with Crippen LogP contribution in [-0.2, 0) is 29.0 Å². The Balaban J connectivity index is 1.20. The first-order chi connectivity index (χ1) is 15.6. The van der Waals surface area contributed by atoms with Crippen molar-refractivity contribution in [3.63, 3.8) is 0 Å². The zero-order chi connectivity index (χ0) is 22.3. The molecule has 32 heavy (non-hydrogen) atoms. The van der Waals surface area contributed by atoms with Crippen molar-refractivity contribution in [1.82, 2.24) is 5.32 Å². The van der Waals surface area contributed by atoms with Gasteiger partial charge in [-0.1, -0.05) is 54.1 Å². The van der Waals surface area contributed by atoms with Crippen molar-refractivity contribution < 1.29 is 9.59 Å². The number of aryl methyl sites for hydroxylation is 1. The van der Waals surface area contributed by atoms with Gasteiger partial charge in [0.2, 0.25) is 0 Å². The average Bonchev–Trinajstić information content (AvgIpc) is 2.82. The van der Waals surface area contributed by atoms with E-state index in [9.17, 15) is 9.59 Å². The van der Waals surface area contributed by atoms with Crippen LogP contribution in [-0.4, -0.2) is 24.9 Å². The summed E-state index contributed by atoms with van der Waals surface area (Å²) in [5, 5.41) is 5.71. The van der Waals surface area contributed by atoms with Crippen LogP contribution in [0.1, 0.15) is 23.1 Å². The lowest BCUT2D eigenvalue weighted by atomic mass is 9.99. The highest BCUT2D eigenvalue weighted by atomic mass is 35.5. The number of rotatable bonds is 6. The van der Waals surface area contributed by atoms with E-state index in [1.807, 2.05) is 0 Å². The molecule has 2 N–H and O–H groups in total. The third-order valence-electron chi connectivity index (χ3n) is 5.65. The molecule has 3 aromatic rings. The molecule has 0 fully saturated rings. The molecule has 2 amide bonds. The number of carbonyl (C=O) groups excluding carboxylic acids is 2. The van der Waals surface area contributed by atoms with E-state index in [1.165, 1.54) is 22.4 Å². The first-order valence-electron chi connectivity index (χ1n) is 10.8. The highest BCUT2D eigenvalue weighted by molar-refractivity contribution is 6.39. The van der Waals surface area contributed by atoms with Gasteiger partial charge in [0.25, 0.3) is 0 Å². The van der Waals surface area contributed by atoms with Crippen LogP contribution in [0, 0.1) is 0 Å². The molecule has 0 atom stereocenters. The van der Waals surface area contributed by atoms with Crippen molar-refractivity contribution in [2.75, 3.05) is 23.3 Å². The number of benzene rings is 3. The molecule has 1 heterocycles. The Bertz CT molecular complexity index is 1100. The number of amides is 2. The number of hydrogen-bond acceptors (Lipinski definition) is 3. The SMILES string of the molecule is O=C(NCCCc1ccc(N2CCc3ccccc3C2)cc1)C(=O)Nc1cccc(Cl)c1. The van der Waals surface area contributed by atoms with E-state index in [-0.39, 0.29) is 0 Å². The molecule has 0 saturated carbocycles. The van der Waals surface area contributed by atoms with Crippen molar-refractivity contribution in [1.29, 1.82) is 0 Å². The van der Waals surface area contributed by atoms with Gasteiger partial charge in [-0.2, -0.15) is 0 Å². The molecular weight excluding hydrogens is 422 g/mol. The first-order valence-corrected chi connectivity index (χ1v) is 11.2. The molecule has 164 valence electrons. The summed E-state index contributed by atoms with van der Waals surface area (Å²) in [7, 11) is 0. The maximum Gasteiger partial charge on any atom is 0.313 e. The van der Waals surface area contributed by atoms with Crippen molar-refractivity contribution in [3.8, 4) is 0 Å². The Kier molecular flexibility index (Phi) is 7.07. The summed E-state index contributed by atoms with van der Waals surface area (Å²) < 4.78 is 0. The second kappa shape index (κ2) is 10.3. The van der Waals surface area contributed by atoms with Crippen LogP contribution in [0.5, 0.6) is 0 Å². The number of hydrogen-bond donors (Lipinski definition) is 2. The minimum Gasteiger partial charge on any atom is -0.367 e. The molecule has 6 heteroatoms. The fourth-order valence-corrected chi connectivity index (χ4v) is 4.11. The molecule has 3 aromatic carbocycles. The maximum atomic E-state index is 12.0. The van der Waals surface area contributed by atoms with E-state index in [0.717, 1.165) is 32.4 Å². The van der Waals surface area contributed by atoms with Gasteiger partial charge in [-0.3, -0.25) is 9.59 Å². The van der Waals surface area contributed by atoms with E-state index >= 15 is 0 Å². The quantitative estimate of drug-likeness (QED) is 0.429. The number of anilines is 2. The van der Waals surface area contributed by atoms with Gasteiger partial charge < -0.3 is 15.5 Å². The standard InChI is InChI=1S/C26H26ClN3O2/c27-22-8-3-9-23(17-22)29-26(32)25(31)28-15-4-5-19-10-12-24(13-11-19)30-16-14-20-6-1-2-7-21(20)18-30/h1-3,6-13,17H,4-5,14-16,18H2,(H,28,31)(H,29,32). The van der Waals surface area contributed by atoms with Gasteiger partial charge in [-0.25, -0.2) is 0 Å². The Morgan fingerprint density at radius 1 is 0.906 bits per heavy atom. The minimum atomic E-state index is -0.695. The summed E-state index contributed by atoms with van der Waals surface area (Å²) >= 11 is 5.89. The molecule has 1 aliphatic heterocycles. The second-order valence-corrected chi connectivity index (χ2v) is 8.37. The number of nitrogens with one attached hydrogen (secondary N) is 2. The van der Waals surface area contributed by atoms with Gasteiger partial charge in [0, 0.05) is 36.0 Å². The fourth-order valence-electron chi connectivity index (χ4n) is 3.92. The molecular formula is C26H26ClN3O2. The minimum absolute atomic E-state index is 0.437. The van der Waals surface area contributed by atoms with E-state index < -0.39 is 11.8 Å². The summed E-state index contributed by atoms with van der Waals surface area (Å²) in [5.41, 5.74) is 5.79. The van der Waals surface area contributed by atoms with Gasteiger partial charge in [0.1, 0.15) is 0 Å². The van der Waals surface area contributed by atoms with Crippen molar-refractivity contribution in [3.05, 3.63) is 94.5 Å². The predicted octanol–water partition coefficient (Wildman–Crippen LogP) is 4.59. The normalized spacial score (nSPS) is 12.7. The van der Waals surface area contributed by atoms with Crippen LogP contribution in [0.25, 0.3) is 0 Å². The highest BCUT2D eigenvalue weighted by Crippen LogP contribution is 2.24. The van der Waals surface area contributed by atoms with Crippen LogP contribution >= 0.6 is 11.6 Å². The van der Waals surface area contributed by atoms with Gasteiger partial charge in [0.05, 0.1) is 0 Å². The Morgan fingerprint density at radius 2 is 1.69 bits per heavy atom. The van der Waals surface area contributed by atoms with Crippen molar-refractivity contribution in [2.45, 2.75) is 25.8 Å².